The maximum absolute atomic E-state index is 2.69. The van der Waals surface area contributed by atoms with E-state index in [1.54, 1.807) is 0 Å². The molecule has 0 unspecified atom stereocenters. The van der Waals surface area contributed by atoms with Gasteiger partial charge in [0.2, 0.25) is 0 Å². The summed E-state index contributed by atoms with van der Waals surface area (Å²) in [4.78, 5) is 2.69. The molecule has 1 saturated heterocycles. The van der Waals surface area contributed by atoms with Crippen LogP contribution in [0.4, 0.5) is 0 Å². The van der Waals surface area contributed by atoms with Gasteiger partial charge in [0, 0.05) is 6.54 Å². The Morgan fingerprint density at radius 3 is 2.82 bits per heavy atom. The van der Waals surface area contributed by atoms with Crippen molar-refractivity contribution < 1.29 is 0 Å². The monoisotopic (exact) mass is 237 g/mol. The molecule has 1 nitrogen and oxygen atoms in total. The normalized spacial score (nSPS) is 24.1. The van der Waals surface area contributed by atoms with Crippen molar-refractivity contribution in [3.05, 3.63) is 11.6 Å². The molecule has 1 fully saturated rings. The summed E-state index contributed by atoms with van der Waals surface area (Å²) in [7, 11) is 0. The summed E-state index contributed by atoms with van der Waals surface area (Å²) in [6.07, 6.45) is 9.28. The van der Waals surface area contributed by atoms with Gasteiger partial charge < -0.3 is 4.90 Å². The lowest BCUT2D eigenvalue weighted by Gasteiger charge is -2.23. The van der Waals surface area contributed by atoms with Crippen LogP contribution in [0.15, 0.2) is 11.6 Å². The largest absolute Gasteiger partial charge is 0.303 e. The van der Waals surface area contributed by atoms with Crippen molar-refractivity contribution in [3.63, 3.8) is 0 Å². The highest BCUT2D eigenvalue weighted by Gasteiger charge is 2.14. The van der Waals surface area contributed by atoms with Crippen molar-refractivity contribution in [3.8, 4) is 0 Å². The molecule has 1 heteroatoms. The lowest BCUT2D eigenvalue weighted by molar-refractivity contribution is 0.239. The minimum atomic E-state index is 0.837. The van der Waals surface area contributed by atoms with E-state index >= 15 is 0 Å². The Labute approximate surface area is 108 Å². The first-order chi connectivity index (χ1) is 8.08. The minimum absolute atomic E-state index is 0.837. The van der Waals surface area contributed by atoms with E-state index in [1.165, 1.54) is 57.3 Å². The summed E-state index contributed by atoms with van der Waals surface area (Å²) in [5, 5.41) is 0. The lowest BCUT2D eigenvalue weighted by Crippen LogP contribution is -2.29. The van der Waals surface area contributed by atoms with E-state index in [1.807, 2.05) is 0 Å². The summed E-state index contributed by atoms with van der Waals surface area (Å²) in [6, 6.07) is 0. The molecular formula is C16H31N. The average Bonchev–Trinajstić information content (AvgIpc) is 2.48. The zero-order chi connectivity index (χ0) is 12.7. The second-order valence-electron chi connectivity index (χ2n) is 6.31. The van der Waals surface area contributed by atoms with Crippen molar-refractivity contribution in [1.29, 1.82) is 0 Å². The van der Waals surface area contributed by atoms with Crippen molar-refractivity contribution in [2.24, 2.45) is 11.8 Å². The molecule has 0 aromatic carbocycles. The topological polar surface area (TPSA) is 3.24 Å². The van der Waals surface area contributed by atoms with Gasteiger partial charge in [0.15, 0.2) is 0 Å². The van der Waals surface area contributed by atoms with E-state index in [-0.39, 0.29) is 0 Å². The van der Waals surface area contributed by atoms with Gasteiger partial charge in [0.05, 0.1) is 0 Å². The molecule has 0 amide bonds. The third kappa shape index (κ3) is 6.88. The second-order valence-corrected chi connectivity index (χ2v) is 6.31. The number of nitrogens with zero attached hydrogens (tertiary/aromatic N) is 1. The van der Waals surface area contributed by atoms with Gasteiger partial charge in [0.1, 0.15) is 0 Å². The fourth-order valence-electron chi connectivity index (χ4n) is 2.61. The summed E-state index contributed by atoms with van der Waals surface area (Å²) >= 11 is 0. The fourth-order valence-corrected chi connectivity index (χ4v) is 2.61. The predicted octanol–water partition coefficient (Wildman–Crippen LogP) is 4.49. The first-order valence-electron chi connectivity index (χ1n) is 7.43. The summed E-state index contributed by atoms with van der Waals surface area (Å²) in [5.74, 6) is 1.74. The zero-order valence-electron chi connectivity index (χ0n) is 12.3. The van der Waals surface area contributed by atoms with Crippen molar-refractivity contribution in [2.75, 3.05) is 19.6 Å². The van der Waals surface area contributed by atoms with Gasteiger partial charge >= 0.3 is 0 Å². The molecule has 0 N–H and O–H groups in total. The smallest absolute Gasteiger partial charge is 0.000702 e. The molecule has 2 atom stereocenters. The maximum Gasteiger partial charge on any atom is 0.000702 e. The quantitative estimate of drug-likeness (QED) is 0.637. The Balaban J connectivity index is 2.22. The highest BCUT2D eigenvalue weighted by Crippen LogP contribution is 2.17. The number of rotatable bonds is 5. The van der Waals surface area contributed by atoms with Gasteiger partial charge in [-0.1, -0.05) is 31.9 Å². The zero-order valence-corrected chi connectivity index (χ0v) is 12.3. The van der Waals surface area contributed by atoms with Crippen LogP contribution in [0.5, 0.6) is 0 Å². The molecule has 0 radical (unpaired) electrons. The average molecular weight is 237 g/mol. The fraction of sp³-hybridized carbons (Fsp3) is 0.875. The van der Waals surface area contributed by atoms with Crippen LogP contribution in [0.1, 0.15) is 59.8 Å². The van der Waals surface area contributed by atoms with E-state index in [4.69, 9.17) is 0 Å². The van der Waals surface area contributed by atoms with Gasteiger partial charge in [-0.3, -0.25) is 0 Å². The Hall–Kier alpha value is -0.300. The summed E-state index contributed by atoms with van der Waals surface area (Å²) in [5.41, 5.74) is 1.46. The van der Waals surface area contributed by atoms with Crippen LogP contribution in [0.3, 0.4) is 0 Å². The third-order valence-electron chi connectivity index (χ3n) is 3.86. The summed E-state index contributed by atoms with van der Waals surface area (Å²) in [6.45, 7) is 13.2. The van der Waals surface area contributed by atoms with E-state index in [9.17, 15) is 0 Å². The number of hydrogen-bond donors (Lipinski definition) is 0. The van der Waals surface area contributed by atoms with Gasteiger partial charge in [-0.2, -0.15) is 0 Å². The molecule has 1 rings (SSSR count). The number of hydrogen-bond acceptors (Lipinski definition) is 1. The highest BCUT2D eigenvalue weighted by molar-refractivity contribution is 4.93. The Morgan fingerprint density at radius 1 is 1.35 bits per heavy atom. The van der Waals surface area contributed by atoms with Crippen LogP contribution in [-0.2, 0) is 0 Å². The number of likely N-dealkylation sites (tertiary alicyclic amines) is 1. The molecule has 1 aliphatic rings. The molecule has 100 valence electrons. The molecule has 1 heterocycles. The SMILES string of the molecule is CC(C)=CC[C@H](C)CCN1CCCC[C@H](C)C1. The molecule has 0 aromatic heterocycles. The van der Waals surface area contributed by atoms with E-state index in [2.05, 4.69) is 38.7 Å². The van der Waals surface area contributed by atoms with Gasteiger partial charge in [-0.15, -0.1) is 0 Å². The molecule has 0 aromatic rings. The van der Waals surface area contributed by atoms with Crippen LogP contribution >= 0.6 is 0 Å². The standard InChI is InChI=1S/C16H31N/c1-14(2)8-9-15(3)10-12-17-11-6-5-7-16(4)13-17/h8,15-16H,5-7,9-13H2,1-4H3/t15-,16-/m0/s1. The van der Waals surface area contributed by atoms with E-state index in [0.717, 1.165) is 11.8 Å². The van der Waals surface area contributed by atoms with Crippen molar-refractivity contribution in [2.45, 2.75) is 59.8 Å². The van der Waals surface area contributed by atoms with E-state index in [0.29, 0.717) is 0 Å². The Bertz CT molecular complexity index is 228. The molecular weight excluding hydrogens is 206 g/mol. The van der Waals surface area contributed by atoms with Crippen LogP contribution in [0.2, 0.25) is 0 Å². The summed E-state index contributed by atoms with van der Waals surface area (Å²) < 4.78 is 0. The van der Waals surface area contributed by atoms with Crippen molar-refractivity contribution in [1.82, 2.24) is 4.90 Å². The highest BCUT2D eigenvalue weighted by atomic mass is 15.1. The third-order valence-corrected chi connectivity index (χ3v) is 3.86. The van der Waals surface area contributed by atoms with Gasteiger partial charge in [0.25, 0.3) is 0 Å². The molecule has 0 spiro atoms. The first kappa shape index (κ1) is 14.8. The van der Waals surface area contributed by atoms with Crippen LogP contribution in [0, 0.1) is 11.8 Å². The number of allylic oxidation sites excluding steroid dienone is 2. The van der Waals surface area contributed by atoms with Crippen molar-refractivity contribution >= 4 is 0 Å². The van der Waals surface area contributed by atoms with Crippen LogP contribution in [-0.4, -0.2) is 24.5 Å². The molecule has 1 aliphatic heterocycles. The molecule has 17 heavy (non-hydrogen) atoms. The molecule has 0 aliphatic carbocycles. The first-order valence-corrected chi connectivity index (χ1v) is 7.43. The van der Waals surface area contributed by atoms with Crippen LogP contribution in [0.25, 0.3) is 0 Å². The van der Waals surface area contributed by atoms with E-state index < -0.39 is 0 Å². The Kier molecular flexibility index (Phi) is 6.87. The minimum Gasteiger partial charge on any atom is -0.303 e. The predicted molar refractivity (Wildman–Crippen MR) is 77.3 cm³/mol. The van der Waals surface area contributed by atoms with Gasteiger partial charge in [-0.05, 0) is 64.5 Å². The molecule has 0 bridgehead atoms. The second kappa shape index (κ2) is 7.92. The van der Waals surface area contributed by atoms with Crippen LogP contribution < -0.4 is 0 Å². The lowest BCUT2D eigenvalue weighted by atomic mass is 10.0. The maximum atomic E-state index is 2.69. The molecule has 0 saturated carbocycles. The Morgan fingerprint density at radius 2 is 2.12 bits per heavy atom. The van der Waals surface area contributed by atoms with Gasteiger partial charge in [-0.25, -0.2) is 0 Å².